The number of carbonyl (C=O) groups excluding carboxylic acids is 2. The Labute approximate surface area is 154 Å². The highest BCUT2D eigenvalue weighted by molar-refractivity contribution is 7.13. The normalized spacial score (nSPS) is 23.2. The van der Waals surface area contributed by atoms with E-state index in [4.69, 9.17) is 0 Å². The van der Waals surface area contributed by atoms with Crippen molar-refractivity contribution in [2.75, 3.05) is 13.1 Å². The molecule has 0 saturated carbocycles. The third-order valence-corrected chi connectivity index (χ3v) is 6.69. The van der Waals surface area contributed by atoms with E-state index in [1.54, 1.807) is 16.8 Å². The molecule has 0 aliphatic carbocycles. The van der Waals surface area contributed by atoms with Crippen LogP contribution < -0.4 is 0 Å². The van der Waals surface area contributed by atoms with Crippen LogP contribution in [0.2, 0.25) is 0 Å². The Bertz CT molecular complexity index is 802. The van der Waals surface area contributed by atoms with Crippen molar-refractivity contribution < 1.29 is 9.59 Å². The molecular weight excluding hydrogens is 356 g/mol. The Hall–Kier alpha value is -1.80. The molecule has 0 radical (unpaired) electrons. The summed E-state index contributed by atoms with van der Waals surface area (Å²) in [6.45, 7) is 5.45. The molecule has 8 heteroatoms. The van der Waals surface area contributed by atoms with Gasteiger partial charge in [-0.15, -0.1) is 22.7 Å². The highest BCUT2D eigenvalue weighted by atomic mass is 32.1. The minimum atomic E-state index is -0.101. The van der Waals surface area contributed by atoms with Gasteiger partial charge in [-0.1, -0.05) is 0 Å². The topological polar surface area (TPSA) is 66.4 Å². The van der Waals surface area contributed by atoms with Crippen LogP contribution in [0.5, 0.6) is 0 Å². The van der Waals surface area contributed by atoms with E-state index in [1.165, 1.54) is 11.3 Å². The summed E-state index contributed by atoms with van der Waals surface area (Å²) >= 11 is 2.98. The Kier molecular flexibility index (Phi) is 4.33. The predicted molar refractivity (Wildman–Crippen MR) is 96.7 cm³/mol. The quantitative estimate of drug-likeness (QED) is 0.825. The van der Waals surface area contributed by atoms with E-state index >= 15 is 0 Å². The van der Waals surface area contributed by atoms with Crippen LogP contribution in [-0.2, 0) is 11.3 Å². The van der Waals surface area contributed by atoms with E-state index in [9.17, 15) is 9.59 Å². The summed E-state index contributed by atoms with van der Waals surface area (Å²) in [7, 11) is 0. The molecule has 3 aliphatic heterocycles. The van der Waals surface area contributed by atoms with Gasteiger partial charge in [-0.3, -0.25) is 9.59 Å². The average molecular weight is 377 g/mol. The standard InChI is InChI=1S/C17H20N4O2S2/c1-10-15(25-11(2)19-10)17(23)20-5-12-3-4-14(7-20)21(16(12)22)6-13-8-24-9-18-13/h8-9,12,14H,3-7H2,1-2H3. The fraction of sp³-hybridized carbons (Fsp3) is 0.529. The molecule has 2 atom stereocenters. The number of aromatic nitrogens is 2. The second-order valence-corrected chi connectivity index (χ2v) is 8.65. The summed E-state index contributed by atoms with van der Waals surface area (Å²) in [5.41, 5.74) is 3.51. The molecule has 0 aromatic carbocycles. The van der Waals surface area contributed by atoms with Crippen LogP contribution in [0.25, 0.3) is 0 Å². The Morgan fingerprint density at radius 2 is 2.16 bits per heavy atom. The van der Waals surface area contributed by atoms with Crippen LogP contribution in [-0.4, -0.2) is 50.7 Å². The highest BCUT2D eigenvalue weighted by Gasteiger charge is 2.42. The van der Waals surface area contributed by atoms with Gasteiger partial charge in [0.25, 0.3) is 5.91 Å². The number of piperidine rings is 1. The van der Waals surface area contributed by atoms with Crippen LogP contribution in [0.4, 0.5) is 0 Å². The van der Waals surface area contributed by atoms with Crippen molar-refractivity contribution in [3.05, 3.63) is 32.2 Å². The lowest BCUT2D eigenvalue weighted by Crippen LogP contribution is -2.47. The second-order valence-electron chi connectivity index (χ2n) is 6.73. The summed E-state index contributed by atoms with van der Waals surface area (Å²) in [5.74, 6) is 0.0794. The summed E-state index contributed by atoms with van der Waals surface area (Å²) in [6, 6.07) is 0.0752. The van der Waals surface area contributed by atoms with Gasteiger partial charge in [0.1, 0.15) is 4.88 Å². The van der Waals surface area contributed by atoms with Gasteiger partial charge in [0.05, 0.1) is 34.4 Å². The fourth-order valence-electron chi connectivity index (χ4n) is 3.78. The second kappa shape index (κ2) is 6.49. The number of thiazole rings is 2. The maximum atomic E-state index is 13.0. The number of aryl methyl sites for hydroxylation is 2. The zero-order valence-corrected chi connectivity index (χ0v) is 15.9. The van der Waals surface area contributed by atoms with Crippen molar-refractivity contribution in [2.45, 2.75) is 39.3 Å². The van der Waals surface area contributed by atoms with Gasteiger partial charge >= 0.3 is 0 Å². The number of fused-ring (bicyclic) bond motifs is 4. The number of amides is 2. The lowest BCUT2D eigenvalue weighted by atomic mass is 9.94. The largest absolute Gasteiger partial charge is 0.335 e. The summed E-state index contributed by atoms with van der Waals surface area (Å²) < 4.78 is 0. The van der Waals surface area contributed by atoms with Crippen molar-refractivity contribution in [2.24, 2.45) is 5.92 Å². The lowest BCUT2D eigenvalue weighted by molar-refractivity contribution is -0.140. The molecule has 2 amide bonds. The van der Waals surface area contributed by atoms with Crippen LogP contribution in [0.15, 0.2) is 10.9 Å². The first-order chi connectivity index (χ1) is 12.0. The smallest absolute Gasteiger partial charge is 0.265 e. The first kappa shape index (κ1) is 16.7. The van der Waals surface area contributed by atoms with Gasteiger partial charge in [-0.2, -0.15) is 0 Å². The fourth-order valence-corrected chi connectivity index (χ4v) is 5.22. The zero-order valence-electron chi connectivity index (χ0n) is 14.3. The van der Waals surface area contributed by atoms with Crippen LogP contribution >= 0.6 is 22.7 Å². The van der Waals surface area contributed by atoms with Gasteiger partial charge in [0.2, 0.25) is 5.91 Å². The third-order valence-electron chi connectivity index (χ3n) is 4.99. The van der Waals surface area contributed by atoms with Gasteiger partial charge in [-0.25, -0.2) is 9.97 Å². The van der Waals surface area contributed by atoms with E-state index in [-0.39, 0.29) is 23.8 Å². The van der Waals surface area contributed by atoms with Gasteiger partial charge in [-0.05, 0) is 26.7 Å². The summed E-state index contributed by atoms with van der Waals surface area (Å²) in [6.07, 6.45) is 1.81. The SMILES string of the molecule is Cc1nc(C)c(C(=O)N2CC3CCC(C2)N(Cc2cscn2)C3=O)s1. The first-order valence-electron chi connectivity index (χ1n) is 8.43. The molecule has 0 N–H and O–H groups in total. The molecule has 132 valence electrons. The number of carbonyl (C=O) groups is 2. The van der Waals surface area contributed by atoms with E-state index in [1.807, 2.05) is 29.0 Å². The van der Waals surface area contributed by atoms with Crippen LogP contribution in [0.1, 0.15) is 38.9 Å². The monoisotopic (exact) mass is 376 g/mol. The van der Waals surface area contributed by atoms with E-state index in [0.29, 0.717) is 24.5 Å². The average Bonchev–Trinajstić information content (AvgIpc) is 3.11. The molecule has 3 saturated heterocycles. The van der Waals surface area contributed by atoms with Crippen molar-refractivity contribution in [3.63, 3.8) is 0 Å². The van der Waals surface area contributed by atoms with E-state index < -0.39 is 0 Å². The van der Waals surface area contributed by atoms with Crippen molar-refractivity contribution in [3.8, 4) is 0 Å². The molecule has 2 aromatic heterocycles. The maximum absolute atomic E-state index is 13.0. The molecule has 6 nitrogen and oxygen atoms in total. The molecule has 25 heavy (non-hydrogen) atoms. The molecule has 5 heterocycles. The van der Waals surface area contributed by atoms with Crippen molar-refractivity contribution in [1.82, 2.24) is 19.8 Å². The van der Waals surface area contributed by atoms with Gasteiger partial charge < -0.3 is 9.80 Å². The Balaban J connectivity index is 1.57. The molecular formula is C17H20N4O2S2. The highest BCUT2D eigenvalue weighted by Crippen LogP contribution is 2.32. The summed E-state index contributed by atoms with van der Waals surface area (Å²) in [4.78, 5) is 39.0. The number of hydrogen-bond donors (Lipinski definition) is 0. The summed E-state index contributed by atoms with van der Waals surface area (Å²) in [5, 5.41) is 2.89. The van der Waals surface area contributed by atoms with E-state index in [2.05, 4.69) is 9.97 Å². The van der Waals surface area contributed by atoms with E-state index in [0.717, 1.165) is 29.2 Å². The minimum Gasteiger partial charge on any atom is -0.335 e. The first-order valence-corrected chi connectivity index (χ1v) is 10.2. The molecule has 2 unspecified atom stereocenters. The van der Waals surface area contributed by atoms with Crippen LogP contribution in [0.3, 0.4) is 0 Å². The Morgan fingerprint density at radius 1 is 1.32 bits per heavy atom. The predicted octanol–water partition coefficient (Wildman–Crippen LogP) is 2.48. The Morgan fingerprint density at radius 3 is 2.84 bits per heavy atom. The molecule has 5 rings (SSSR count). The molecule has 2 aromatic rings. The number of nitrogens with zero attached hydrogens (tertiary/aromatic N) is 4. The van der Waals surface area contributed by atoms with Gasteiger partial charge in [0.15, 0.2) is 0 Å². The third kappa shape index (κ3) is 3.08. The lowest BCUT2D eigenvalue weighted by Gasteiger charge is -2.35. The van der Waals surface area contributed by atoms with Crippen molar-refractivity contribution in [1.29, 1.82) is 0 Å². The number of hydrogen-bond acceptors (Lipinski definition) is 6. The van der Waals surface area contributed by atoms with Crippen molar-refractivity contribution >= 4 is 34.5 Å². The zero-order chi connectivity index (χ0) is 17.6. The number of rotatable bonds is 3. The molecule has 3 aliphatic rings. The van der Waals surface area contributed by atoms with Gasteiger partial charge in [0, 0.05) is 24.5 Å². The molecule has 2 bridgehead atoms. The molecule has 0 spiro atoms. The molecule has 3 fully saturated rings. The minimum absolute atomic E-state index is 0.0170. The van der Waals surface area contributed by atoms with Crippen LogP contribution in [0, 0.1) is 19.8 Å². The maximum Gasteiger partial charge on any atom is 0.265 e.